The highest BCUT2D eigenvalue weighted by Gasteiger charge is 2.17. The molecular formula is C14H21F2NO2S. The van der Waals surface area contributed by atoms with Crippen LogP contribution in [0.2, 0.25) is 0 Å². The first-order chi connectivity index (χ1) is 9.40. The normalized spacial score (nSPS) is 13.4. The Labute approximate surface area is 119 Å². The van der Waals surface area contributed by atoms with E-state index in [9.17, 15) is 17.2 Å². The van der Waals surface area contributed by atoms with Gasteiger partial charge in [-0.05, 0) is 44.0 Å². The first-order valence-corrected chi connectivity index (χ1v) is 8.47. The molecule has 1 unspecified atom stereocenters. The minimum absolute atomic E-state index is 0.0556. The van der Waals surface area contributed by atoms with Crippen LogP contribution in [0.1, 0.15) is 33.1 Å². The quantitative estimate of drug-likeness (QED) is 0.751. The van der Waals surface area contributed by atoms with Gasteiger partial charge in [-0.2, -0.15) is 0 Å². The largest absolute Gasteiger partial charge is 0.314 e. The van der Waals surface area contributed by atoms with Crippen molar-refractivity contribution in [1.29, 1.82) is 0 Å². The van der Waals surface area contributed by atoms with E-state index in [4.69, 9.17) is 0 Å². The number of hydrogen-bond donors (Lipinski definition) is 1. The lowest BCUT2D eigenvalue weighted by atomic mass is 10.1. The maximum atomic E-state index is 13.1. The van der Waals surface area contributed by atoms with Gasteiger partial charge in [0.15, 0.2) is 21.5 Å². The van der Waals surface area contributed by atoms with Crippen LogP contribution < -0.4 is 5.32 Å². The van der Waals surface area contributed by atoms with E-state index in [1.165, 1.54) is 0 Å². The fourth-order valence-corrected chi connectivity index (χ4v) is 3.39. The molecule has 0 spiro atoms. The average molecular weight is 305 g/mol. The summed E-state index contributed by atoms with van der Waals surface area (Å²) >= 11 is 0. The SMILES string of the molecule is CCNC(CC)CCCS(=O)(=O)c1ccc(F)c(F)c1. The lowest BCUT2D eigenvalue weighted by molar-refractivity contribution is 0.474. The topological polar surface area (TPSA) is 46.2 Å². The first kappa shape index (κ1) is 17.0. The molecule has 0 bridgehead atoms. The lowest BCUT2D eigenvalue weighted by Gasteiger charge is -2.15. The zero-order valence-corrected chi connectivity index (χ0v) is 12.6. The molecule has 0 heterocycles. The van der Waals surface area contributed by atoms with Crippen LogP contribution in [0.4, 0.5) is 8.78 Å². The van der Waals surface area contributed by atoms with E-state index in [-0.39, 0.29) is 10.6 Å². The van der Waals surface area contributed by atoms with E-state index in [2.05, 4.69) is 5.32 Å². The van der Waals surface area contributed by atoms with Gasteiger partial charge >= 0.3 is 0 Å². The number of hydrogen-bond acceptors (Lipinski definition) is 3. The van der Waals surface area contributed by atoms with Gasteiger partial charge in [0.2, 0.25) is 0 Å². The summed E-state index contributed by atoms with van der Waals surface area (Å²) in [6.45, 7) is 4.88. The predicted molar refractivity (Wildman–Crippen MR) is 75.4 cm³/mol. The first-order valence-electron chi connectivity index (χ1n) is 6.82. The van der Waals surface area contributed by atoms with Crippen LogP contribution in [-0.2, 0) is 9.84 Å². The molecule has 20 heavy (non-hydrogen) atoms. The summed E-state index contributed by atoms with van der Waals surface area (Å²) in [6.07, 6.45) is 2.17. The van der Waals surface area contributed by atoms with Gasteiger partial charge in [-0.3, -0.25) is 0 Å². The van der Waals surface area contributed by atoms with E-state index in [1.807, 2.05) is 13.8 Å². The van der Waals surface area contributed by atoms with Crippen LogP contribution >= 0.6 is 0 Å². The number of sulfone groups is 1. The highest BCUT2D eigenvalue weighted by atomic mass is 32.2. The van der Waals surface area contributed by atoms with Crippen molar-refractivity contribution in [2.75, 3.05) is 12.3 Å². The third-order valence-electron chi connectivity index (χ3n) is 3.20. The van der Waals surface area contributed by atoms with E-state index in [0.717, 1.165) is 37.6 Å². The van der Waals surface area contributed by atoms with Crippen LogP contribution in [0, 0.1) is 11.6 Å². The van der Waals surface area contributed by atoms with Gasteiger partial charge in [-0.25, -0.2) is 17.2 Å². The Kier molecular flexibility index (Phi) is 6.55. The summed E-state index contributed by atoms with van der Waals surface area (Å²) in [5.74, 6) is -2.23. The Morgan fingerprint density at radius 2 is 1.90 bits per heavy atom. The fourth-order valence-electron chi connectivity index (χ4n) is 2.05. The maximum Gasteiger partial charge on any atom is 0.178 e. The zero-order valence-electron chi connectivity index (χ0n) is 11.8. The van der Waals surface area contributed by atoms with Gasteiger partial charge in [0, 0.05) is 6.04 Å². The molecule has 0 amide bonds. The Bertz CT molecular complexity index is 532. The van der Waals surface area contributed by atoms with Gasteiger partial charge in [0.25, 0.3) is 0 Å². The Morgan fingerprint density at radius 1 is 1.20 bits per heavy atom. The van der Waals surface area contributed by atoms with Crippen LogP contribution in [-0.4, -0.2) is 26.8 Å². The predicted octanol–water partition coefficient (Wildman–Crippen LogP) is 2.91. The van der Waals surface area contributed by atoms with Crippen molar-refractivity contribution in [2.45, 2.75) is 44.0 Å². The number of benzene rings is 1. The zero-order chi connectivity index (χ0) is 15.2. The van der Waals surface area contributed by atoms with E-state index in [1.54, 1.807) is 0 Å². The molecule has 0 saturated carbocycles. The summed E-state index contributed by atoms with van der Waals surface area (Å²) < 4.78 is 49.9. The molecule has 1 aromatic carbocycles. The van der Waals surface area contributed by atoms with Gasteiger partial charge in [0.1, 0.15) is 0 Å². The molecule has 0 aliphatic rings. The summed E-state index contributed by atoms with van der Waals surface area (Å²) in [6, 6.07) is 2.98. The lowest BCUT2D eigenvalue weighted by Crippen LogP contribution is -2.28. The second-order valence-electron chi connectivity index (χ2n) is 4.70. The Balaban J connectivity index is 2.63. The molecule has 0 radical (unpaired) electrons. The highest BCUT2D eigenvalue weighted by Crippen LogP contribution is 2.17. The standard InChI is InChI=1S/C14H21F2NO2S/c1-3-11(17-4-2)6-5-9-20(18,19)12-7-8-13(15)14(16)10-12/h7-8,10-11,17H,3-6,9H2,1-2H3. The van der Waals surface area contributed by atoms with Gasteiger partial charge in [-0.1, -0.05) is 13.8 Å². The summed E-state index contributed by atoms with van der Waals surface area (Å²) in [5.41, 5.74) is 0. The summed E-state index contributed by atoms with van der Waals surface area (Å²) in [7, 11) is -3.55. The van der Waals surface area contributed by atoms with Crippen LogP contribution in [0.5, 0.6) is 0 Å². The Hall–Kier alpha value is -1.01. The molecule has 0 aromatic heterocycles. The Morgan fingerprint density at radius 3 is 2.45 bits per heavy atom. The van der Waals surface area contributed by atoms with Crippen LogP contribution in [0.15, 0.2) is 23.1 Å². The van der Waals surface area contributed by atoms with Crippen molar-refractivity contribution < 1.29 is 17.2 Å². The number of rotatable bonds is 8. The van der Waals surface area contributed by atoms with Crippen molar-refractivity contribution in [3.05, 3.63) is 29.8 Å². The molecule has 0 saturated heterocycles. The summed E-state index contributed by atoms with van der Waals surface area (Å²) in [5, 5.41) is 3.27. The molecule has 114 valence electrons. The minimum atomic E-state index is -3.55. The molecule has 0 aliphatic heterocycles. The van der Waals surface area contributed by atoms with Crippen molar-refractivity contribution in [2.24, 2.45) is 0 Å². The molecule has 3 nitrogen and oxygen atoms in total. The monoisotopic (exact) mass is 305 g/mol. The van der Waals surface area contributed by atoms with Gasteiger partial charge < -0.3 is 5.32 Å². The van der Waals surface area contributed by atoms with Crippen molar-refractivity contribution in [1.82, 2.24) is 5.32 Å². The molecule has 1 rings (SSSR count). The van der Waals surface area contributed by atoms with E-state index in [0.29, 0.717) is 12.5 Å². The second kappa shape index (κ2) is 7.69. The summed E-state index contributed by atoms with van der Waals surface area (Å²) in [4.78, 5) is -0.159. The number of halogens is 2. The fraction of sp³-hybridized carbons (Fsp3) is 0.571. The molecular weight excluding hydrogens is 284 g/mol. The van der Waals surface area contributed by atoms with Gasteiger partial charge in [-0.15, -0.1) is 0 Å². The highest BCUT2D eigenvalue weighted by molar-refractivity contribution is 7.91. The van der Waals surface area contributed by atoms with E-state index >= 15 is 0 Å². The molecule has 1 N–H and O–H groups in total. The third-order valence-corrected chi connectivity index (χ3v) is 5.00. The third kappa shape index (κ3) is 4.83. The molecule has 6 heteroatoms. The van der Waals surface area contributed by atoms with E-state index < -0.39 is 21.5 Å². The minimum Gasteiger partial charge on any atom is -0.314 e. The van der Waals surface area contributed by atoms with Gasteiger partial charge in [0.05, 0.1) is 10.6 Å². The average Bonchev–Trinajstić information content (AvgIpc) is 2.40. The smallest absolute Gasteiger partial charge is 0.178 e. The molecule has 0 fully saturated rings. The molecule has 1 aromatic rings. The van der Waals surface area contributed by atoms with Crippen molar-refractivity contribution >= 4 is 9.84 Å². The van der Waals surface area contributed by atoms with Crippen LogP contribution in [0.25, 0.3) is 0 Å². The van der Waals surface area contributed by atoms with Crippen molar-refractivity contribution in [3.63, 3.8) is 0 Å². The van der Waals surface area contributed by atoms with Crippen LogP contribution in [0.3, 0.4) is 0 Å². The second-order valence-corrected chi connectivity index (χ2v) is 6.81. The number of nitrogens with one attached hydrogen (secondary N) is 1. The van der Waals surface area contributed by atoms with Crippen molar-refractivity contribution in [3.8, 4) is 0 Å². The molecule has 0 aliphatic carbocycles. The maximum absolute atomic E-state index is 13.1. The molecule has 1 atom stereocenters.